The third-order valence-corrected chi connectivity index (χ3v) is 13.3. The van der Waals surface area contributed by atoms with E-state index in [-0.39, 0.29) is 103 Å². The summed E-state index contributed by atoms with van der Waals surface area (Å²) in [6.45, 7) is 8.44. The van der Waals surface area contributed by atoms with Crippen LogP contribution in [0.2, 0.25) is 0 Å². The monoisotopic (exact) mass is 1270 g/mol. The Kier molecular flexibility index (Phi) is 24.3. The van der Waals surface area contributed by atoms with E-state index in [1.165, 1.54) is 0 Å². The van der Waals surface area contributed by atoms with E-state index in [0.717, 1.165) is 35.1 Å². The Hall–Kier alpha value is -7.20. The van der Waals surface area contributed by atoms with Crippen LogP contribution in [0.5, 0.6) is 0 Å². The molecule has 10 nitrogen and oxygen atoms in total. The number of nitrogens with two attached hydrogens (primary N) is 2. The third-order valence-electron chi connectivity index (χ3n) is 13.3. The van der Waals surface area contributed by atoms with Crippen LogP contribution in [-0.4, -0.2) is 21.8 Å². The van der Waals surface area contributed by atoms with Gasteiger partial charge in [0.25, 0.3) is 0 Å². The van der Waals surface area contributed by atoms with Crippen LogP contribution in [0, 0.1) is 45.3 Å². The van der Waals surface area contributed by atoms with E-state index in [2.05, 4.69) is 76.2 Å². The van der Waals surface area contributed by atoms with Crippen molar-refractivity contribution < 1.29 is 86.9 Å². The van der Waals surface area contributed by atoms with Crippen LogP contribution in [0.25, 0.3) is 23.8 Å². The Morgan fingerprint density at radius 1 is 0.427 bits per heavy atom. The molecule has 0 saturated heterocycles. The van der Waals surface area contributed by atoms with Gasteiger partial charge in [-0.2, -0.15) is 21.0 Å². The molecule has 6 N–H and O–H groups in total. The van der Waals surface area contributed by atoms with Gasteiger partial charge in [-0.3, -0.25) is 9.59 Å². The van der Waals surface area contributed by atoms with E-state index in [1.807, 2.05) is 60.7 Å². The maximum Gasteiger partial charge on any atom is 1.00 e. The molecular formula is C62H52Ag3N6O4+. The van der Waals surface area contributed by atoms with Crippen LogP contribution in [0.4, 0.5) is 0 Å². The Balaban J connectivity index is 0.000000481. The van der Waals surface area contributed by atoms with Gasteiger partial charge in [0, 0.05) is 55.4 Å². The molecule has 0 fully saturated rings. The topological polar surface area (TPSA) is 237 Å². The van der Waals surface area contributed by atoms with Crippen LogP contribution in [0.3, 0.4) is 0 Å². The molecular weight excluding hydrogens is 1220 g/mol. The predicted molar refractivity (Wildman–Crippen MR) is 283 cm³/mol. The summed E-state index contributed by atoms with van der Waals surface area (Å²) in [5, 5.41) is 59.8. The summed E-state index contributed by atoms with van der Waals surface area (Å²) in [7, 11) is 0. The van der Waals surface area contributed by atoms with E-state index >= 15 is 0 Å². The molecule has 0 radical (unpaired) electrons. The molecule has 0 saturated carbocycles. The number of hydrogen-bond donors (Lipinski definition) is 2. The van der Waals surface area contributed by atoms with Gasteiger partial charge < -0.3 is 22.5 Å². The standard InChI is InChI=1S/2C31H24N2O2.3Ag.2H2N/c2*1-3-31(2,25-13-5-4-6-14-25)26-17-27(29(34)23-11-7-9-21(15-23)19-32)28(18-26)30(35)24-12-8-10-22(16-24)20-33;;;;;/h2*4-18,34H,3H2,1-2H3;;;;2*1H2/q;;3*+1;2*-1. The van der Waals surface area contributed by atoms with Gasteiger partial charge in [-0.15, -0.1) is 0 Å². The summed E-state index contributed by atoms with van der Waals surface area (Å²) in [6, 6.07) is 54.9. The van der Waals surface area contributed by atoms with Crippen molar-refractivity contribution in [3.63, 3.8) is 0 Å². The number of carbonyl (C=O) groups is 2. The van der Waals surface area contributed by atoms with Crippen LogP contribution >= 0.6 is 0 Å². The van der Waals surface area contributed by atoms with Crippen molar-refractivity contribution in [2.24, 2.45) is 0 Å². The molecule has 2 aliphatic carbocycles. The second-order valence-corrected chi connectivity index (χ2v) is 17.4. The molecule has 6 aromatic rings. The average molecular weight is 1270 g/mol. The second kappa shape index (κ2) is 28.5. The minimum Gasteiger partial charge on any atom is -0.693 e. The molecule has 2 atom stereocenters. The zero-order chi connectivity index (χ0) is 50.0. The molecule has 6 aromatic carbocycles. The number of benzene rings is 6. The van der Waals surface area contributed by atoms with Crippen molar-refractivity contribution in [1.29, 1.82) is 21.0 Å². The molecule has 0 heterocycles. The number of aliphatic hydroxyl groups is 2. The van der Waals surface area contributed by atoms with Gasteiger partial charge in [0.05, 0.1) is 46.5 Å². The summed E-state index contributed by atoms with van der Waals surface area (Å²) in [5.74, 6) is -0.699. The Morgan fingerprint density at radius 3 is 0.987 bits per heavy atom. The van der Waals surface area contributed by atoms with E-state index in [9.17, 15) is 40.8 Å². The van der Waals surface area contributed by atoms with Gasteiger partial charge in [-0.25, -0.2) is 0 Å². The summed E-state index contributed by atoms with van der Waals surface area (Å²) in [6.07, 6.45) is 8.99. The number of ketones is 2. The predicted octanol–water partition coefficient (Wildman–Crippen LogP) is 15.1. The summed E-state index contributed by atoms with van der Waals surface area (Å²) in [4.78, 5) is 27.3. The van der Waals surface area contributed by atoms with Crippen molar-refractivity contribution in [3.8, 4) is 24.3 Å². The first-order chi connectivity index (χ1) is 33.8. The molecule has 0 bridgehead atoms. The van der Waals surface area contributed by atoms with E-state index in [4.69, 9.17) is 0 Å². The maximum absolute atomic E-state index is 13.7. The quantitative estimate of drug-likeness (QED) is 0.0677. The maximum atomic E-state index is 13.7. The van der Waals surface area contributed by atoms with E-state index in [0.29, 0.717) is 66.8 Å². The molecule has 0 aromatic heterocycles. The number of hydrogen-bond acceptors (Lipinski definition) is 8. The van der Waals surface area contributed by atoms with Gasteiger partial charge in [0.2, 0.25) is 0 Å². The van der Waals surface area contributed by atoms with Gasteiger partial charge in [0.15, 0.2) is 11.6 Å². The number of Topliss-reactive ketones (excluding diaryl/α,β-unsaturated/α-hetero) is 2. The fraction of sp³-hybridized carbons (Fsp3) is 0.129. The van der Waals surface area contributed by atoms with Gasteiger partial charge >= 0.3 is 67.1 Å². The Labute approximate surface area is 486 Å². The fourth-order valence-electron chi connectivity index (χ4n) is 8.74. The Bertz CT molecular complexity index is 3210. The summed E-state index contributed by atoms with van der Waals surface area (Å²) in [5.41, 5.74) is 8.03. The number of aliphatic hydroxyl groups excluding tert-OH is 2. The third kappa shape index (κ3) is 13.8. The Morgan fingerprint density at radius 2 is 0.707 bits per heavy atom. The van der Waals surface area contributed by atoms with Crippen LogP contribution in [-0.2, 0) is 78.0 Å². The van der Waals surface area contributed by atoms with E-state index in [1.54, 1.807) is 97.1 Å². The van der Waals surface area contributed by atoms with Crippen molar-refractivity contribution in [2.75, 3.05) is 0 Å². The molecule has 0 amide bonds. The second-order valence-electron chi connectivity index (χ2n) is 17.4. The van der Waals surface area contributed by atoms with Crippen molar-refractivity contribution in [2.45, 2.75) is 51.4 Å². The smallest absolute Gasteiger partial charge is 0.693 e. The minimum atomic E-state index is -0.391. The molecule has 2 aliphatic rings. The number of nitriles is 4. The largest absolute Gasteiger partial charge is 1.00 e. The van der Waals surface area contributed by atoms with Gasteiger partial charge in [0.1, 0.15) is 11.5 Å². The number of rotatable bonds is 12. The first-order valence-corrected chi connectivity index (χ1v) is 22.8. The van der Waals surface area contributed by atoms with Gasteiger partial charge in [-0.05, 0) is 108 Å². The number of carbonyl (C=O) groups excluding carboxylic acids is 2. The fourth-order valence-corrected chi connectivity index (χ4v) is 8.74. The van der Waals surface area contributed by atoms with Crippen LogP contribution in [0.15, 0.2) is 215 Å². The zero-order valence-electron chi connectivity index (χ0n) is 41.3. The SMILES string of the molecule is CCC(C)(C1=CC(=C(O)c2cccc(C#N)c2)C(C(=O)c2cccc(C#N)c2)=C1)c1ccccc1.CCC(C)(C1=CC(=C(O)c2cccc(C#N)c2)C(C(=O)c2cccc(C#N)c2)=C1)c1ccccc1.[Ag+].[Ag+].[Ag+].[NH2-].[NH2-]. The minimum absolute atomic E-state index is 0. The van der Waals surface area contributed by atoms with E-state index < -0.39 is 10.8 Å². The first kappa shape index (κ1) is 63.9. The zero-order valence-corrected chi connectivity index (χ0v) is 45.7. The van der Waals surface area contributed by atoms with Gasteiger partial charge in [-0.1, -0.05) is 137 Å². The van der Waals surface area contributed by atoms with Crippen LogP contribution < -0.4 is 0 Å². The average Bonchev–Trinajstić information content (AvgIpc) is 4.10. The number of nitrogens with zero attached hydrogens (tertiary/aromatic N) is 4. The molecule has 75 heavy (non-hydrogen) atoms. The van der Waals surface area contributed by atoms with Crippen molar-refractivity contribution >= 4 is 23.1 Å². The molecule has 0 aliphatic heterocycles. The molecule has 13 heteroatoms. The number of allylic oxidation sites excluding steroid dienone is 10. The molecule has 0 spiro atoms. The molecule has 386 valence electrons. The normalized spacial score (nSPS) is 14.7. The summed E-state index contributed by atoms with van der Waals surface area (Å²) < 4.78 is 0. The van der Waals surface area contributed by atoms with Crippen molar-refractivity contribution in [1.82, 2.24) is 0 Å². The molecule has 8 rings (SSSR count). The first-order valence-electron chi connectivity index (χ1n) is 22.8. The summed E-state index contributed by atoms with van der Waals surface area (Å²) >= 11 is 0. The van der Waals surface area contributed by atoms with Crippen LogP contribution in [0.1, 0.15) is 106 Å². The van der Waals surface area contributed by atoms with Crippen molar-refractivity contribution in [3.05, 3.63) is 283 Å². The molecule has 2 unspecified atom stereocenters.